The first-order valence-electron chi connectivity index (χ1n) is 6.59. The van der Waals surface area contributed by atoms with Gasteiger partial charge in [0.25, 0.3) is 0 Å². The Morgan fingerprint density at radius 2 is 2.35 bits per heavy atom. The zero-order valence-corrected chi connectivity index (χ0v) is 13.0. The Hall–Kier alpha value is -1.37. The molecule has 0 aliphatic rings. The molecular weight excluding hydrogens is 274 g/mol. The van der Waals surface area contributed by atoms with Crippen LogP contribution < -0.4 is 10.2 Å². The Labute approximate surface area is 123 Å². The van der Waals surface area contributed by atoms with E-state index in [1.165, 1.54) is 5.56 Å². The van der Waals surface area contributed by atoms with E-state index in [2.05, 4.69) is 20.6 Å². The van der Waals surface area contributed by atoms with E-state index >= 15 is 0 Å². The topological polar surface area (TPSA) is 50.5 Å². The van der Waals surface area contributed by atoms with Crippen molar-refractivity contribution < 1.29 is 9.15 Å². The highest BCUT2D eigenvalue weighted by atomic mass is 32.1. The van der Waals surface area contributed by atoms with Gasteiger partial charge in [-0.3, -0.25) is 0 Å². The second-order valence-electron chi connectivity index (χ2n) is 4.65. The Morgan fingerprint density at radius 3 is 3.05 bits per heavy atom. The predicted octanol–water partition coefficient (Wildman–Crippen LogP) is 2.42. The molecule has 0 saturated heterocycles. The van der Waals surface area contributed by atoms with Crippen molar-refractivity contribution in [2.45, 2.75) is 20.0 Å². The molecule has 2 rings (SSSR count). The van der Waals surface area contributed by atoms with Crippen LogP contribution in [0.25, 0.3) is 0 Å². The molecule has 0 aromatic carbocycles. The molecule has 110 valence electrons. The van der Waals surface area contributed by atoms with E-state index in [0.29, 0.717) is 0 Å². The number of rotatable bonds is 8. The number of nitrogens with zero attached hydrogens (tertiary/aromatic N) is 2. The van der Waals surface area contributed by atoms with E-state index in [0.717, 1.165) is 42.8 Å². The number of aryl methyl sites for hydroxylation is 1. The zero-order valence-electron chi connectivity index (χ0n) is 12.2. The number of nitrogens with one attached hydrogen (secondary N) is 1. The Balaban J connectivity index is 1.86. The molecule has 5 nitrogen and oxygen atoms in total. The number of aromatic nitrogens is 1. The van der Waals surface area contributed by atoms with E-state index in [-0.39, 0.29) is 0 Å². The van der Waals surface area contributed by atoms with Crippen molar-refractivity contribution in [3.8, 4) is 0 Å². The average Bonchev–Trinajstić information content (AvgIpc) is 3.05. The maximum Gasteiger partial charge on any atom is 0.185 e. The smallest absolute Gasteiger partial charge is 0.185 e. The van der Waals surface area contributed by atoms with Gasteiger partial charge in [-0.25, -0.2) is 4.98 Å². The third kappa shape index (κ3) is 4.06. The summed E-state index contributed by atoms with van der Waals surface area (Å²) in [6.45, 7) is 5.13. The Kier molecular flexibility index (Phi) is 5.58. The van der Waals surface area contributed by atoms with Crippen LogP contribution in [0.2, 0.25) is 0 Å². The van der Waals surface area contributed by atoms with Gasteiger partial charge in [0, 0.05) is 44.7 Å². The highest BCUT2D eigenvalue weighted by molar-refractivity contribution is 7.13. The quantitative estimate of drug-likeness (QED) is 0.758. The SMILES string of the molecule is COCCNCc1csc(N(C)Cc2ccoc2C)n1. The van der Waals surface area contributed by atoms with Gasteiger partial charge in [0.1, 0.15) is 5.76 Å². The number of hydrogen-bond acceptors (Lipinski definition) is 6. The third-order valence-corrected chi connectivity index (χ3v) is 4.03. The van der Waals surface area contributed by atoms with Crippen molar-refractivity contribution in [3.05, 3.63) is 34.7 Å². The summed E-state index contributed by atoms with van der Waals surface area (Å²) in [7, 11) is 3.75. The minimum atomic E-state index is 0.719. The number of thiazole rings is 1. The fourth-order valence-corrected chi connectivity index (χ4v) is 2.63. The lowest BCUT2D eigenvalue weighted by Gasteiger charge is -2.14. The number of hydrogen-bond donors (Lipinski definition) is 1. The lowest BCUT2D eigenvalue weighted by molar-refractivity contribution is 0.199. The average molecular weight is 295 g/mol. The molecule has 0 aliphatic carbocycles. The van der Waals surface area contributed by atoms with E-state index in [9.17, 15) is 0 Å². The zero-order chi connectivity index (χ0) is 14.4. The monoisotopic (exact) mass is 295 g/mol. The van der Waals surface area contributed by atoms with Crippen molar-refractivity contribution in [1.82, 2.24) is 10.3 Å². The molecule has 2 heterocycles. The van der Waals surface area contributed by atoms with Crippen LogP contribution in [-0.4, -0.2) is 32.3 Å². The third-order valence-electron chi connectivity index (χ3n) is 3.03. The van der Waals surface area contributed by atoms with Gasteiger partial charge in [-0.2, -0.15) is 0 Å². The molecule has 0 atom stereocenters. The Morgan fingerprint density at radius 1 is 1.50 bits per heavy atom. The van der Waals surface area contributed by atoms with Gasteiger partial charge in [-0.15, -0.1) is 11.3 Å². The van der Waals surface area contributed by atoms with Gasteiger partial charge in [0.15, 0.2) is 5.13 Å². The molecule has 20 heavy (non-hydrogen) atoms. The number of ether oxygens (including phenoxy) is 1. The van der Waals surface area contributed by atoms with Crippen LogP contribution in [0.1, 0.15) is 17.0 Å². The summed E-state index contributed by atoms with van der Waals surface area (Å²) in [5, 5.41) is 6.41. The highest BCUT2D eigenvalue weighted by Gasteiger charge is 2.10. The van der Waals surface area contributed by atoms with Crippen LogP contribution >= 0.6 is 11.3 Å². The predicted molar refractivity (Wildman–Crippen MR) is 81.2 cm³/mol. The largest absolute Gasteiger partial charge is 0.469 e. The van der Waals surface area contributed by atoms with Crippen molar-refractivity contribution in [3.63, 3.8) is 0 Å². The summed E-state index contributed by atoms with van der Waals surface area (Å²) in [6.07, 6.45) is 1.73. The maximum absolute atomic E-state index is 5.32. The normalized spacial score (nSPS) is 10.9. The van der Waals surface area contributed by atoms with Crippen LogP contribution in [0.3, 0.4) is 0 Å². The first kappa shape index (κ1) is 15.0. The van der Waals surface area contributed by atoms with Crippen molar-refractivity contribution in [2.75, 3.05) is 32.2 Å². The van der Waals surface area contributed by atoms with E-state index in [1.54, 1.807) is 24.7 Å². The number of methoxy groups -OCH3 is 1. The fraction of sp³-hybridized carbons (Fsp3) is 0.500. The second-order valence-corrected chi connectivity index (χ2v) is 5.49. The van der Waals surface area contributed by atoms with Crippen LogP contribution in [0.15, 0.2) is 22.1 Å². The molecule has 0 unspecified atom stereocenters. The molecule has 2 aromatic heterocycles. The summed E-state index contributed by atoms with van der Waals surface area (Å²) in [6, 6.07) is 2.01. The molecule has 0 saturated carbocycles. The van der Waals surface area contributed by atoms with Crippen molar-refractivity contribution >= 4 is 16.5 Å². The molecular formula is C14H21N3O2S. The van der Waals surface area contributed by atoms with Crippen LogP contribution in [-0.2, 0) is 17.8 Å². The van der Waals surface area contributed by atoms with E-state index in [1.807, 2.05) is 20.0 Å². The molecule has 0 fully saturated rings. The van der Waals surface area contributed by atoms with Crippen molar-refractivity contribution in [1.29, 1.82) is 0 Å². The van der Waals surface area contributed by atoms with E-state index in [4.69, 9.17) is 9.15 Å². The lowest BCUT2D eigenvalue weighted by Crippen LogP contribution is -2.19. The number of furan rings is 1. The van der Waals surface area contributed by atoms with Gasteiger partial charge >= 0.3 is 0 Å². The minimum Gasteiger partial charge on any atom is -0.469 e. The van der Waals surface area contributed by atoms with Gasteiger partial charge in [-0.1, -0.05) is 0 Å². The van der Waals surface area contributed by atoms with Crippen LogP contribution in [0.4, 0.5) is 5.13 Å². The molecule has 1 N–H and O–H groups in total. The van der Waals surface area contributed by atoms with Crippen LogP contribution in [0, 0.1) is 6.92 Å². The molecule has 0 aliphatic heterocycles. The first-order valence-corrected chi connectivity index (χ1v) is 7.47. The second kappa shape index (κ2) is 7.42. The summed E-state index contributed by atoms with van der Waals surface area (Å²) >= 11 is 1.66. The summed E-state index contributed by atoms with van der Waals surface area (Å²) < 4.78 is 10.3. The lowest BCUT2D eigenvalue weighted by atomic mass is 10.2. The fourth-order valence-electron chi connectivity index (χ4n) is 1.84. The molecule has 2 aromatic rings. The standard InChI is InChI=1S/C14H21N3O2S/c1-11-12(4-6-19-11)9-17(2)14-16-13(10-20-14)8-15-5-7-18-3/h4,6,10,15H,5,7-9H2,1-3H3. The van der Waals surface area contributed by atoms with Gasteiger partial charge in [0.05, 0.1) is 18.6 Å². The van der Waals surface area contributed by atoms with Crippen LogP contribution in [0.5, 0.6) is 0 Å². The van der Waals surface area contributed by atoms with Gasteiger partial charge in [0.2, 0.25) is 0 Å². The molecule has 0 amide bonds. The maximum atomic E-state index is 5.32. The van der Waals surface area contributed by atoms with Crippen molar-refractivity contribution in [2.24, 2.45) is 0 Å². The molecule has 6 heteroatoms. The number of anilines is 1. The van der Waals surface area contributed by atoms with Gasteiger partial charge < -0.3 is 19.4 Å². The first-order chi connectivity index (χ1) is 9.70. The minimum absolute atomic E-state index is 0.719. The summed E-state index contributed by atoms with van der Waals surface area (Å²) in [5.41, 5.74) is 2.26. The van der Waals surface area contributed by atoms with Gasteiger partial charge in [-0.05, 0) is 13.0 Å². The highest BCUT2D eigenvalue weighted by Crippen LogP contribution is 2.22. The Bertz CT molecular complexity index is 524. The van der Waals surface area contributed by atoms with E-state index < -0.39 is 0 Å². The summed E-state index contributed by atoms with van der Waals surface area (Å²) in [4.78, 5) is 6.77. The summed E-state index contributed by atoms with van der Waals surface area (Å²) in [5.74, 6) is 0.967. The molecule has 0 spiro atoms. The molecule has 0 bridgehead atoms. The molecule has 0 radical (unpaired) electrons.